The lowest BCUT2D eigenvalue weighted by Crippen LogP contribution is -2.46. The molecular formula is C16H24N4O. The summed E-state index contributed by atoms with van der Waals surface area (Å²) in [6.45, 7) is 4.47. The van der Waals surface area contributed by atoms with Crippen LogP contribution >= 0.6 is 0 Å². The van der Waals surface area contributed by atoms with Gasteiger partial charge in [-0.1, -0.05) is 0 Å². The Hall–Kier alpha value is -1.62. The number of nitrogens with one attached hydrogen (secondary N) is 1. The first kappa shape index (κ1) is 14.3. The van der Waals surface area contributed by atoms with Crippen LogP contribution in [0, 0.1) is 0 Å². The van der Waals surface area contributed by atoms with Gasteiger partial charge in [0.05, 0.1) is 6.54 Å². The molecule has 1 aromatic heterocycles. The molecule has 2 saturated heterocycles. The highest BCUT2D eigenvalue weighted by molar-refractivity contribution is 5.78. The molecule has 0 saturated carbocycles. The van der Waals surface area contributed by atoms with Crippen LogP contribution < -0.4 is 10.2 Å². The highest BCUT2D eigenvalue weighted by atomic mass is 16.2. The molecule has 3 rings (SSSR count). The van der Waals surface area contributed by atoms with Gasteiger partial charge < -0.3 is 15.1 Å². The monoisotopic (exact) mass is 288 g/mol. The van der Waals surface area contributed by atoms with Crippen LogP contribution in [-0.2, 0) is 4.79 Å². The zero-order chi connectivity index (χ0) is 14.5. The molecule has 2 aliphatic rings. The maximum Gasteiger partial charge on any atom is 0.236 e. The van der Waals surface area contributed by atoms with Crippen molar-refractivity contribution in [3.05, 3.63) is 24.5 Å². The number of hydrogen-bond donors (Lipinski definition) is 1. The zero-order valence-corrected chi connectivity index (χ0v) is 12.5. The van der Waals surface area contributed by atoms with E-state index < -0.39 is 0 Å². The molecule has 2 fully saturated rings. The minimum atomic E-state index is 0.268. The predicted octanol–water partition coefficient (Wildman–Crippen LogP) is 1.26. The summed E-state index contributed by atoms with van der Waals surface area (Å²) in [5.74, 6) is 0.268. The standard InChI is InChI=1S/C16H24N4O/c21-16(20-9-1-2-10-20)13-18-14-5-11-19(12-6-14)15-3-7-17-8-4-15/h3-4,7-8,14,18H,1-2,5-6,9-13H2. The maximum atomic E-state index is 12.0. The fraction of sp³-hybridized carbons (Fsp3) is 0.625. The van der Waals surface area contributed by atoms with Gasteiger partial charge in [-0.15, -0.1) is 0 Å². The third-order valence-corrected chi connectivity index (χ3v) is 4.52. The summed E-state index contributed by atoms with van der Waals surface area (Å²) in [6.07, 6.45) is 8.19. The number of nitrogens with zero attached hydrogens (tertiary/aromatic N) is 3. The largest absolute Gasteiger partial charge is 0.371 e. The molecule has 0 bridgehead atoms. The molecule has 0 atom stereocenters. The minimum Gasteiger partial charge on any atom is -0.371 e. The van der Waals surface area contributed by atoms with E-state index in [0.29, 0.717) is 12.6 Å². The van der Waals surface area contributed by atoms with Crippen LogP contribution in [-0.4, -0.2) is 54.6 Å². The van der Waals surface area contributed by atoms with Crippen LogP contribution in [0.1, 0.15) is 25.7 Å². The molecule has 3 heterocycles. The van der Waals surface area contributed by atoms with E-state index in [4.69, 9.17) is 0 Å². The van der Waals surface area contributed by atoms with E-state index in [-0.39, 0.29) is 5.91 Å². The van der Waals surface area contributed by atoms with Crippen LogP contribution in [0.2, 0.25) is 0 Å². The van der Waals surface area contributed by atoms with Crippen molar-refractivity contribution in [3.8, 4) is 0 Å². The number of carbonyl (C=O) groups is 1. The summed E-state index contributed by atoms with van der Waals surface area (Å²) in [5.41, 5.74) is 1.25. The predicted molar refractivity (Wildman–Crippen MR) is 83.3 cm³/mol. The van der Waals surface area contributed by atoms with Gasteiger partial charge in [0.25, 0.3) is 0 Å². The Morgan fingerprint density at radius 2 is 1.81 bits per heavy atom. The number of pyridine rings is 1. The Kier molecular flexibility index (Phi) is 4.70. The topological polar surface area (TPSA) is 48.5 Å². The number of hydrogen-bond acceptors (Lipinski definition) is 4. The van der Waals surface area contributed by atoms with Crippen LogP contribution in [0.25, 0.3) is 0 Å². The first-order valence-electron chi connectivity index (χ1n) is 7.99. The minimum absolute atomic E-state index is 0.268. The van der Waals surface area contributed by atoms with E-state index >= 15 is 0 Å². The third-order valence-electron chi connectivity index (χ3n) is 4.52. The van der Waals surface area contributed by atoms with E-state index in [0.717, 1.165) is 51.9 Å². The Balaban J connectivity index is 1.40. The van der Waals surface area contributed by atoms with Gasteiger partial charge >= 0.3 is 0 Å². The number of likely N-dealkylation sites (tertiary alicyclic amines) is 1. The summed E-state index contributed by atoms with van der Waals surface area (Å²) < 4.78 is 0. The molecule has 0 aliphatic carbocycles. The normalized spacial score (nSPS) is 20.0. The maximum absolute atomic E-state index is 12.0. The van der Waals surface area contributed by atoms with Crippen molar-refractivity contribution < 1.29 is 4.79 Å². The summed E-state index contributed by atoms with van der Waals surface area (Å²) in [6, 6.07) is 4.59. The van der Waals surface area contributed by atoms with Crippen molar-refractivity contribution in [2.45, 2.75) is 31.7 Å². The highest BCUT2D eigenvalue weighted by Gasteiger charge is 2.22. The van der Waals surface area contributed by atoms with E-state index in [1.54, 1.807) is 0 Å². The van der Waals surface area contributed by atoms with Gasteiger partial charge in [0.1, 0.15) is 0 Å². The Morgan fingerprint density at radius 3 is 2.48 bits per heavy atom. The van der Waals surface area contributed by atoms with Gasteiger partial charge in [0, 0.05) is 50.3 Å². The molecule has 1 aromatic rings. The Morgan fingerprint density at radius 1 is 1.14 bits per heavy atom. The van der Waals surface area contributed by atoms with Crippen LogP contribution in [0.5, 0.6) is 0 Å². The lowest BCUT2D eigenvalue weighted by atomic mass is 10.0. The van der Waals surface area contributed by atoms with Gasteiger partial charge in [0.15, 0.2) is 0 Å². The second-order valence-corrected chi connectivity index (χ2v) is 5.94. The highest BCUT2D eigenvalue weighted by Crippen LogP contribution is 2.18. The van der Waals surface area contributed by atoms with Crippen molar-refractivity contribution in [1.82, 2.24) is 15.2 Å². The smallest absolute Gasteiger partial charge is 0.236 e. The van der Waals surface area contributed by atoms with Crippen molar-refractivity contribution >= 4 is 11.6 Å². The number of rotatable bonds is 4. The first-order chi connectivity index (χ1) is 10.3. The third kappa shape index (κ3) is 3.73. The molecule has 0 spiro atoms. The Bertz CT molecular complexity index is 451. The summed E-state index contributed by atoms with van der Waals surface area (Å²) in [5, 5.41) is 3.44. The summed E-state index contributed by atoms with van der Waals surface area (Å²) in [7, 11) is 0. The van der Waals surface area contributed by atoms with Crippen molar-refractivity contribution in [3.63, 3.8) is 0 Å². The summed E-state index contributed by atoms with van der Waals surface area (Å²) in [4.78, 5) is 20.5. The van der Waals surface area contributed by atoms with Crippen LogP contribution in [0.15, 0.2) is 24.5 Å². The summed E-state index contributed by atoms with van der Waals surface area (Å²) >= 11 is 0. The number of amides is 1. The lowest BCUT2D eigenvalue weighted by Gasteiger charge is -2.34. The molecule has 5 nitrogen and oxygen atoms in total. The van der Waals surface area contributed by atoms with Crippen LogP contribution in [0.4, 0.5) is 5.69 Å². The van der Waals surface area contributed by atoms with E-state index in [1.807, 2.05) is 17.3 Å². The second kappa shape index (κ2) is 6.89. The molecule has 21 heavy (non-hydrogen) atoms. The van der Waals surface area contributed by atoms with Gasteiger partial charge in [-0.25, -0.2) is 0 Å². The molecule has 2 aliphatic heterocycles. The molecule has 0 radical (unpaired) electrons. The number of aromatic nitrogens is 1. The average Bonchev–Trinajstić information content (AvgIpc) is 3.08. The molecular weight excluding hydrogens is 264 g/mol. The number of piperidine rings is 1. The van der Waals surface area contributed by atoms with Crippen molar-refractivity contribution in [1.29, 1.82) is 0 Å². The molecule has 1 N–H and O–H groups in total. The zero-order valence-electron chi connectivity index (χ0n) is 12.5. The van der Waals surface area contributed by atoms with Crippen molar-refractivity contribution in [2.24, 2.45) is 0 Å². The molecule has 0 aromatic carbocycles. The van der Waals surface area contributed by atoms with Crippen molar-refractivity contribution in [2.75, 3.05) is 37.6 Å². The fourth-order valence-corrected chi connectivity index (χ4v) is 3.21. The SMILES string of the molecule is O=C(CNC1CCN(c2ccncc2)CC1)N1CCCC1. The van der Waals surface area contributed by atoms with Gasteiger partial charge in [0.2, 0.25) is 5.91 Å². The molecule has 5 heteroatoms. The number of anilines is 1. The quantitative estimate of drug-likeness (QED) is 0.906. The molecule has 1 amide bonds. The number of carbonyl (C=O) groups excluding carboxylic acids is 1. The Labute approximate surface area is 126 Å². The van der Waals surface area contributed by atoms with E-state index in [1.165, 1.54) is 5.69 Å². The molecule has 0 unspecified atom stereocenters. The van der Waals surface area contributed by atoms with E-state index in [9.17, 15) is 4.79 Å². The molecule has 114 valence electrons. The lowest BCUT2D eigenvalue weighted by molar-refractivity contribution is -0.129. The second-order valence-electron chi connectivity index (χ2n) is 5.94. The first-order valence-corrected chi connectivity index (χ1v) is 7.99. The van der Waals surface area contributed by atoms with E-state index in [2.05, 4.69) is 27.3 Å². The van der Waals surface area contributed by atoms with Gasteiger partial charge in [-0.2, -0.15) is 0 Å². The van der Waals surface area contributed by atoms with Gasteiger partial charge in [-0.3, -0.25) is 9.78 Å². The average molecular weight is 288 g/mol. The van der Waals surface area contributed by atoms with Crippen LogP contribution in [0.3, 0.4) is 0 Å². The fourth-order valence-electron chi connectivity index (χ4n) is 3.21. The van der Waals surface area contributed by atoms with Gasteiger partial charge in [-0.05, 0) is 37.8 Å².